The third-order valence-electron chi connectivity index (χ3n) is 15.0. The summed E-state index contributed by atoms with van der Waals surface area (Å²) in [6, 6.07) is 85.4. The molecule has 7 heteroatoms. The van der Waals surface area contributed by atoms with Crippen LogP contribution in [0.5, 0.6) is 0 Å². The lowest BCUT2D eigenvalue weighted by molar-refractivity contribution is 1.18. The summed E-state index contributed by atoms with van der Waals surface area (Å²) in [4.78, 5) is 13.9. The fourth-order valence-corrected chi connectivity index (χ4v) is 12.8. The number of fused-ring (bicyclic) bond motifs is 13. The Bertz CT molecular complexity index is 4630. The summed E-state index contributed by atoms with van der Waals surface area (Å²) >= 11 is 1.77. The molecule has 0 N–H and O–H groups in total. The maximum absolute atomic E-state index is 9.64. The lowest BCUT2D eigenvalue weighted by Gasteiger charge is -2.14. The number of rotatable bonds is 6. The molecule has 4 aromatic heterocycles. The molecule has 4 heterocycles. The molecule has 0 bridgehead atoms. The molecular weight excluding hydrogens is 933 g/mol. The van der Waals surface area contributed by atoms with E-state index in [0.717, 1.165) is 131 Å². The van der Waals surface area contributed by atoms with Gasteiger partial charge in [-0.05, 0) is 118 Å². The molecule has 0 aliphatic heterocycles. The smallest absolute Gasteiger partial charge is 0.109 e. The van der Waals surface area contributed by atoms with E-state index >= 15 is 0 Å². The third kappa shape index (κ3) is 6.49. The monoisotopic (exact) mass is 970 g/mol. The maximum Gasteiger partial charge on any atom is 0.109 e. The molecule has 0 saturated carbocycles. The van der Waals surface area contributed by atoms with Crippen molar-refractivity contribution in [2.45, 2.75) is 0 Å². The molecule has 11 aromatic carbocycles. The van der Waals surface area contributed by atoms with Gasteiger partial charge in [-0.2, -0.15) is 10.5 Å². The van der Waals surface area contributed by atoms with Crippen LogP contribution >= 0.6 is 11.3 Å². The average Bonchev–Trinajstić information content (AvgIpc) is 4.23. The van der Waals surface area contributed by atoms with Crippen molar-refractivity contribution in [2.75, 3.05) is 0 Å². The topological polar surface area (TPSA) is 83.2 Å². The van der Waals surface area contributed by atoms with Crippen LogP contribution in [-0.2, 0) is 0 Å². The highest BCUT2D eigenvalue weighted by molar-refractivity contribution is 7.21. The highest BCUT2D eigenvalue weighted by Gasteiger charge is 2.26. The van der Waals surface area contributed by atoms with Crippen molar-refractivity contribution in [3.63, 3.8) is 0 Å². The van der Waals surface area contributed by atoms with Crippen molar-refractivity contribution in [2.24, 2.45) is 0 Å². The standard InChI is InChI=1S/C68H38N6S/c69-39-41-25-29-43(30-26-41)45-33-35-49-55(37-45)56-38-46(44-31-27-42(40-70)28-32-44)34-36-50(56)64-63(49)71-65-66(72-64)68(54-20-12-24-60-62(54)52-18-8-10-22-58(52)74(60)48-15-5-2-6-16-48)75-67(65)53-19-11-23-59-61(53)51-17-7-9-21-57(51)73(59)47-13-3-1-4-14-47/h1-38H. The molecular formula is C68H38N6S. The molecule has 0 spiro atoms. The zero-order valence-corrected chi connectivity index (χ0v) is 40.8. The van der Waals surface area contributed by atoms with Gasteiger partial charge in [-0.25, -0.2) is 9.97 Å². The molecule has 0 atom stereocenters. The second-order valence-electron chi connectivity index (χ2n) is 19.1. The highest BCUT2D eigenvalue weighted by Crippen LogP contribution is 2.51. The Labute approximate surface area is 434 Å². The second-order valence-corrected chi connectivity index (χ2v) is 20.1. The van der Waals surface area contributed by atoms with Crippen LogP contribution in [0.15, 0.2) is 231 Å². The van der Waals surface area contributed by atoms with Gasteiger partial charge in [0.25, 0.3) is 0 Å². The molecule has 0 amide bonds. The minimum absolute atomic E-state index is 0.617. The van der Waals surface area contributed by atoms with Crippen LogP contribution in [0.1, 0.15) is 11.1 Å². The van der Waals surface area contributed by atoms with Crippen molar-refractivity contribution >= 4 is 98.6 Å². The van der Waals surface area contributed by atoms with Crippen LogP contribution in [0.4, 0.5) is 0 Å². The SMILES string of the molecule is N#Cc1ccc(-c2ccc3c(c2)c2cc(-c4ccc(C#N)cc4)ccc2c2nc4c(-c5cccc6c5c5ccccc5n6-c5ccccc5)sc(-c5cccc6c5c5ccccc5n6-c5ccccc5)c4nc32)cc1. The van der Waals surface area contributed by atoms with Gasteiger partial charge in [-0.1, -0.05) is 146 Å². The Hall–Kier alpha value is -10.2. The van der Waals surface area contributed by atoms with Gasteiger partial charge < -0.3 is 9.13 Å². The largest absolute Gasteiger partial charge is 0.309 e. The number of aromatic nitrogens is 4. The first-order chi connectivity index (χ1) is 37.1. The summed E-state index contributed by atoms with van der Waals surface area (Å²) in [5, 5.41) is 28.0. The Morgan fingerprint density at radius 1 is 0.320 bits per heavy atom. The van der Waals surface area contributed by atoms with Crippen molar-refractivity contribution in [1.29, 1.82) is 10.5 Å². The van der Waals surface area contributed by atoms with Gasteiger partial charge in [0.05, 0.1) is 66.1 Å². The van der Waals surface area contributed by atoms with E-state index in [1.807, 2.05) is 48.5 Å². The van der Waals surface area contributed by atoms with Gasteiger partial charge in [0, 0.05) is 54.8 Å². The lowest BCUT2D eigenvalue weighted by atomic mass is 9.93. The molecule has 75 heavy (non-hydrogen) atoms. The molecule has 15 aromatic rings. The van der Waals surface area contributed by atoms with E-state index in [1.165, 1.54) is 10.8 Å². The molecule has 15 rings (SSSR count). The Kier molecular flexibility index (Phi) is 9.46. The molecule has 0 unspecified atom stereocenters. The fourth-order valence-electron chi connectivity index (χ4n) is 11.6. The van der Waals surface area contributed by atoms with Gasteiger partial charge in [0.2, 0.25) is 0 Å². The van der Waals surface area contributed by atoms with Crippen molar-refractivity contribution in [3.8, 4) is 66.6 Å². The maximum atomic E-state index is 9.64. The number of nitriles is 2. The summed E-state index contributed by atoms with van der Waals surface area (Å²) in [5.41, 5.74) is 17.6. The van der Waals surface area contributed by atoms with E-state index in [0.29, 0.717) is 11.1 Å². The van der Waals surface area contributed by atoms with Crippen LogP contribution in [0.2, 0.25) is 0 Å². The zero-order chi connectivity index (χ0) is 49.7. The van der Waals surface area contributed by atoms with Crippen LogP contribution in [0.3, 0.4) is 0 Å². The Morgan fingerprint density at radius 2 is 0.707 bits per heavy atom. The first kappa shape index (κ1) is 42.5. The third-order valence-corrected chi connectivity index (χ3v) is 16.2. The van der Waals surface area contributed by atoms with E-state index in [1.54, 1.807) is 11.3 Å². The van der Waals surface area contributed by atoms with Crippen molar-refractivity contribution in [1.82, 2.24) is 19.1 Å². The van der Waals surface area contributed by atoms with E-state index in [4.69, 9.17) is 9.97 Å². The van der Waals surface area contributed by atoms with Gasteiger partial charge in [-0.15, -0.1) is 11.3 Å². The number of benzene rings is 11. The Balaban J connectivity index is 1.08. The molecule has 6 nitrogen and oxygen atoms in total. The predicted octanol–water partition coefficient (Wildman–Crippen LogP) is 17.8. The first-order valence-corrected chi connectivity index (χ1v) is 25.7. The first-order valence-electron chi connectivity index (χ1n) is 24.9. The average molecular weight is 971 g/mol. The quantitative estimate of drug-likeness (QED) is 0.155. The molecule has 346 valence electrons. The minimum Gasteiger partial charge on any atom is -0.309 e. The second kappa shape index (κ2) is 16.7. The van der Waals surface area contributed by atoms with Gasteiger partial charge in [0.15, 0.2) is 0 Å². The predicted molar refractivity (Wildman–Crippen MR) is 310 cm³/mol. The zero-order valence-electron chi connectivity index (χ0n) is 40.0. The normalized spacial score (nSPS) is 11.7. The number of nitrogens with zero attached hydrogens (tertiary/aromatic N) is 6. The summed E-state index contributed by atoms with van der Waals surface area (Å²) in [5.74, 6) is 0. The highest BCUT2D eigenvalue weighted by atomic mass is 32.1. The van der Waals surface area contributed by atoms with Crippen LogP contribution in [-0.4, -0.2) is 19.1 Å². The number of hydrogen-bond acceptors (Lipinski definition) is 5. The summed E-state index contributed by atoms with van der Waals surface area (Å²) in [6.45, 7) is 0. The van der Waals surface area contributed by atoms with E-state index in [9.17, 15) is 10.5 Å². The minimum atomic E-state index is 0.617. The molecule has 0 saturated heterocycles. The number of hydrogen-bond donors (Lipinski definition) is 0. The molecule has 0 aliphatic carbocycles. The van der Waals surface area contributed by atoms with Crippen molar-refractivity contribution < 1.29 is 0 Å². The summed E-state index contributed by atoms with van der Waals surface area (Å²) in [7, 11) is 0. The van der Waals surface area contributed by atoms with Crippen LogP contribution in [0.25, 0.3) is 142 Å². The Morgan fingerprint density at radius 3 is 1.13 bits per heavy atom. The van der Waals surface area contributed by atoms with Crippen molar-refractivity contribution in [3.05, 3.63) is 242 Å². The summed E-state index contributed by atoms with van der Waals surface area (Å²) < 4.78 is 4.75. The van der Waals surface area contributed by atoms with E-state index < -0.39 is 0 Å². The molecule has 0 fully saturated rings. The van der Waals surface area contributed by atoms with E-state index in [-0.39, 0.29) is 0 Å². The van der Waals surface area contributed by atoms with Crippen LogP contribution in [0, 0.1) is 22.7 Å². The van der Waals surface area contributed by atoms with Gasteiger partial charge >= 0.3 is 0 Å². The molecule has 0 radical (unpaired) electrons. The van der Waals surface area contributed by atoms with Crippen LogP contribution < -0.4 is 0 Å². The fraction of sp³-hybridized carbons (Fsp3) is 0. The number of para-hydroxylation sites is 4. The van der Waals surface area contributed by atoms with E-state index in [2.05, 4.69) is 203 Å². The lowest BCUT2D eigenvalue weighted by Crippen LogP contribution is -1.94. The number of thiophene rings is 1. The molecule has 0 aliphatic rings. The van der Waals surface area contributed by atoms with Gasteiger partial charge in [0.1, 0.15) is 11.0 Å². The summed E-state index contributed by atoms with van der Waals surface area (Å²) in [6.07, 6.45) is 0. The van der Waals surface area contributed by atoms with Gasteiger partial charge in [-0.3, -0.25) is 0 Å².